The first-order valence-electron chi connectivity index (χ1n) is 9.98. The lowest BCUT2D eigenvalue weighted by Gasteiger charge is -2.25. The van der Waals surface area contributed by atoms with Gasteiger partial charge in [0.2, 0.25) is 0 Å². The molecule has 0 amide bonds. The van der Waals surface area contributed by atoms with Crippen molar-refractivity contribution >= 4 is 16.7 Å². The molecule has 0 spiro atoms. The summed E-state index contributed by atoms with van der Waals surface area (Å²) in [6.45, 7) is 3.52. The van der Waals surface area contributed by atoms with Crippen LogP contribution in [0.4, 0.5) is 5.69 Å². The van der Waals surface area contributed by atoms with Crippen LogP contribution in [-0.2, 0) is 20.1 Å². The third-order valence-electron chi connectivity index (χ3n) is 5.63. The molecule has 0 unspecified atom stereocenters. The molecule has 2 N–H and O–H groups in total. The lowest BCUT2D eigenvalue weighted by atomic mass is 10.1. The van der Waals surface area contributed by atoms with Gasteiger partial charge in [0, 0.05) is 25.2 Å². The van der Waals surface area contributed by atoms with Crippen molar-refractivity contribution < 1.29 is 0 Å². The van der Waals surface area contributed by atoms with Gasteiger partial charge in [0.25, 0.3) is 0 Å². The molecule has 4 aromatic rings. The molecule has 1 fully saturated rings. The van der Waals surface area contributed by atoms with E-state index in [9.17, 15) is 4.79 Å². The van der Waals surface area contributed by atoms with Crippen LogP contribution >= 0.6 is 0 Å². The molecule has 1 aliphatic rings. The predicted molar refractivity (Wildman–Crippen MR) is 113 cm³/mol. The number of benzene rings is 2. The SMILES string of the molecule is Cc1ccccc1CN(Cc1nc(C2CC2)nn1C)c1ccc2[nH]c(=O)[nH]c2c1. The topological polar surface area (TPSA) is 82.6 Å². The highest BCUT2D eigenvalue weighted by atomic mass is 16.1. The Labute approximate surface area is 168 Å². The van der Waals surface area contributed by atoms with Crippen molar-refractivity contribution in [3.8, 4) is 0 Å². The first-order chi connectivity index (χ1) is 14.1. The third-order valence-corrected chi connectivity index (χ3v) is 5.63. The summed E-state index contributed by atoms with van der Waals surface area (Å²) in [6, 6.07) is 14.4. The van der Waals surface area contributed by atoms with Gasteiger partial charge in [0.05, 0.1) is 17.6 Å². The summed E-state index contributed by atoms with van der Waals surface area (Å²) in [7, 11) is 1.97. The molecular weight excluding hydrogens is 364 g/mol. The quantitative estimate of drug-likeness (QED) is 0.530. The average molecular weight is 388 g/mol. The number of nitrogens with zero attached hydrogens (tertiary/aromatic N) is 4. The highest BCUT2D eigenvalue weighted by Crippen LogP contribution is 2.38. The molecular formula is C22H24N6O. The Bertz CT molecular complexity index is 1230. The fraction of sp³-hybridized carbons (Fsp3) is 0.318. The van der Waals surface area contributed by atoms with Crippen molar-refractivity contribution in [2.75, 3.05) is 4.90 Å². The molecule has 5 rings (SSSR count). The summed E-state index contributed by atoms with van der Waals surface area (Å²) in [5, 5.41) is 4.62. The van der Waals surface area contributed by atoms with Crippen LogP contribution in [-0.4, -0.2) is 24.7 Å². The number of anilines is 1. The smallest absolute Gasteiger partial charge is 0.323 e. The fourth-order valence-corrected chi connectivity index (χ4v) is 3.71. The second-order valence-electron chi connectivity index (χ2n) is 7.88. The molecule has 0 bridgehead atoms. The summed E-state index contributed by atoms with van der Waals surface area (Å²) < 4.78 is 1.90. The Kier molecular flexibility index (Phi) is 4.23. The molecule has 0 radical (unpaired) electrons. The molecule has 2 aromatic carbocycles. The van der Waals surface area contributed by atoms with Gasteiger partial charge in [-0.2, -0.15) is 5.10 Å². The number of rotatable bonds is 6. The Hall–Kier alpha value is -3.35. The van der Waals surface area contributed by atoms with Gasteiger partial charge < -0.3 is 14.9 Å². The second kappa shape index (κ2) is 6.92. The first-order valence-corrected chi connectivity index (χ1v) is 9.98. The minimum Gasteiger partial charge on any atom is -0.360 e. The van der Waals surface area contributed by atoms with Gasteiger partial charge in [0.1, 0.15) is 5.82 Å². The molecule has 2 aromatic heterocycles. The maximum absolute atomic E-state index is 11.7. The molecule has 2 heterocycles. The number of aryl methyl sites for hydroxylation is 2. The minimum absolute atomic E-state index is 0.190. The van der Waals surface area contributed by atoms with Crippen molar-refractivity contribution in [3.05, 3.63) is 75.7 Å². The van der Waals surface area contributed by atoms with Crippen molar-refractivity contribution in [3.63, 3.8) is 0 Å². The molecule has 1 saturated carbocycles. The van der Waals surface area contributed by atoms with Crippen LogP contribution in [0.2, 0.25) is 0 Å². The highest BCUT2D eigenvalue weighted by molar-refractivity contribution is 5.79. The van der Waals surface area contributed by atoms with Gasteiger partial charge >= 0.3 is 5.69 Å². The van der Waals surface area contributed by atoms with E-state index in [4.69, 9.17) is 4.98 Å². The molecule has 148 valence electrons. The normalized spacial score (nSPS) is 13.9. The number of hydrogen-bond acceptors (Lipinski definition) is 4. The van der Waals surface area contributed by atoms with Gasteiger partial charge in [-0.15, -0.1) is 0 Å². The van der Waals surface area contributed by atoms with E-state index in [1.165, 1.54) is 24.0 Å². The van der Waals surface area contributed by atoms with Crippen LogP contribution < -0.4 is 10.6 Å². The summed E-state index contributed by atoms with van der Waals surface area (Å²) in [5.74, 6) is 2.44. The largest absolute Gasteiger partial charge is 0.360 e. The van der Waals surface area contributed by atoms with Crippen molar-refractivity contribution in [2.24, 2.45) is 7.05 Å². The summed E-state index contributed by atoms with van der Waals surface area (Å²) in [5.41, 5.74) is 4.98. The third kappa shape index (κ3) is 3.55. The lowest BCUT2D eigenvalue weighted by molar-refractivity contribution is 0.663. The minimum atomic E-state index is -0.190. The Morgan fingerprint density at radius 1 is 1.10 bits per heavy atom. The molecule has 0 saturated heterocycles. The van der Waals surface area contributed by atoms with Crippen molar-refractivity contribution in [1.29, 1.82) is 0 Å². The fourth-order valence-electron chi connectivity index (χ4n) is 3.71. The maximum Gasteiger partial charge on any atom is 0.323 e. The molecule has 0 aliphatic heterocycles. The molecule has 29 heavy (non-hydrogen) atoms. The van der Waals surface area contributed by atoms with E-state index in [1.807, 2.05) is 29.9 Å². The van der Waals surface area contributed by atoms with Crippen LogP contribution in [0.25, 0.3) is 11.0 Å². The Morgan fingerprint density at radius 3 is 2.69 bits per heavy atom. The van der Waals surface area contributed by atoms with E-state index in [-0.39, 0.29) is 5.69 Å². The molecule has 7 heteroatoms. The zero-order valence-electron chi connectivity index (χ0n) is 16.6. The van der Waals surface area contributed by atoms with Crippen LogP contribution in [0.3, 0.4) is 0 Å². The summed E-state index contributed by atoms with van der Waals surface area (Å²) in [4.78, 5) is 24.4. The number of nitrogens with one attached hydrogen (secondary N) is 2. The number of fused-ring (bicyclic) bond motifs is 1. The van der Waals surface area contributed by atoms with Crippen LogP contribution in [0, 0.1) is 6.92 Å². The monoisotopic (exact) mass is 388 g/mol. The van der Waals surface area contributed by atoms with Gasteiger partial charge in [-0.3, -0.25) is 4.68 Å². The Balaban J connectivity index is 1.52. The summed E-state index contributed by atoms with van der Waals surface area (Å²) in [6.07, 6.45) is 2.38. The number of aromatic nitrogens is 5. The number of aromatic amines is 2. The van der Waals surface area contributed by atoms with E-state index in [2.05, 4.69) is 51.2 Å². The van der Waals surface area contributed by atoms with Gasteiger partial charge in [0.15, 0.2) is 5.82 Å². The van der Waals surface area contributed by atoms with E-state index in [0.29, 0.717) is 12.5 Å². The standard InChI is InChI=1S/C22H24N6O/c1-14-5-3-4-6-16(14)12-28(13-20-25-21(15-7-8-15)26-27(20)2)17-9-10-18-19(11-17)24-22(29)23-18/h3-6,9-11,15H,7-8,12-13H2,1-2H3,(H2,23,24,29). The van der Waals surface area contributed by atoms with E-state index >= 15 is 0 Å². The number of imidazole rings is 1. The highest BCUT2D eigenvalue weighted by Gasteiger charge is 2.28. The number of hydrogen-bond donors (Lipinski definition) is 2. The van der Waals surface area contributed by atoms with Crippen LogP contribution in [0.5, 0.6) is 0 Å². The number of H-pyrrole nitrogens is 2. The first kappa shape index (κ1) is 17.7. The molecule has 0 atom stereocenters. The van der Waals surface area contributed by atoms with Crippen molar-refractivity contribution in [1.82, 2.24) is 24.7 Å². The van der Waals surface area contributed by atoms with Crippen LogP contribution in [0.15, 0.2) is 47.3 Å². The zero-order valence-corrected chi connectivity index (χ0v) is 16.6. The van der Waals surface area contributed by atoms with E-state index in [1.54, 1.807) is 0 Å². The molecule has 1 aliphatic carbocycles. The van der Waals surface area contributed by atoms with E-state index < -0.39 is 0 Å². The van der Waals surface area contributed by atoms with Crippen LogP contribution in [0.1, 0.15) is 41.5 Å². The molecule has 7 nitrogen and oxygen atoms in total. The van der Waals surface area contributed by atoms with Crippen molar-refractivity contribution in [2.45, 2.75) is 38.8 Å². The van der Waals surface area contributed by atoms with E-state index in [0.717, 1.165) is 34.9 Å². The van der Waals surface area contributed by atoms with Gasteiger partial charge in [-0.05, 0) is 49.1 Å². The average Bonchev–Trinajstić information content (AvgIpc) is 3.39. The van der Waals surface area contributed by atoms with Gasteiger partial charge in [-0.25, -0.2) is 9.78 Å². The lowest BCUT2D eigenvalue weighted by Crippen LogP contribution is -2.24. The Morgan fingerprint density at radius 2 is 1.90 bits per heavy atom. The van der Waals surface area contributed by atoms with Gasteiger partial charge in [-0.1, -0.05) is 24.3 Å². The maximum atomic E-state index is 11.7. The second-order valence-corrected chi connectivity index (χ2v) is 7.88. The predicted octanol–water partition coefficient (Wildman–Crippen LogP) is 3.38. The summed E-state index contributed by atoms with van der Waals surface area (Å²) >= 11 is 0. The zero-order chi connectivity index (χ0) is 20.0.